The van der Waals surface area contributed by atoms with Crippen molar-refractivity contribution in [3.05, 3.63) is 0 Å². The Morgan fingerprint density at radius 1 is 1.00 bits per heavy atom. The summed E-state index contributed by atoms with van der Waals surface area (Å²) in [4.78, 5) is 0. The summed E-state index contributed by atoms with van der Waals surface area (Å²) in [6.45, 7) is 0. The molecule has 0 bridgehead atoms. The summed E-state index contributed by atoms with van der Waals surface area (Å²) in [5.41, 5.74) is 0. The molecule has 0 aromatic rings. The van der Waals surface area contributed by atoms with Crippen LogP contribution in [0.15, 0.2) is 0 Å². The Kier molecular flexibility index (Phi) is 9.08. The molecule has 0 aliphatic carbocycles. The van der Waals surface area contributed by atoms with Gasteiger partial charge in [-0.15, -0.1) is 0 Å². The summed E-state index contributed by atoms with van der Waals surface area (Å²) in [5, 5.41) is 25.2. The van der Waals surface area contributed by atoms with E-state index in [0.29, 0.717) is 0 Å². The van der Waals surface area contributed by atoms with Crippen molar-refractivity contribution in [2.24, 2.45) is 0 Å². The Bertz CT molecular complexity index is 11.6. The second-order valence-electron chi connectivity index (χ2n) is 0.289. The molecule has 0 amide bonds. The normalized spacial score (nSPS) is 5.40. The minimum atomic E-state index is -2.92. The molecule has 5 heteroatoms. The molecule has 0 unspecified atom stereocenters. The van der Waals surface area contributed by atoms with Crippen molar-refractivity contribution < 1.29 is 42.7 Å². The second kappa shape index (κ2) is 4.88. The van der Waals surface area contributed by atoms with E-state index in [-0.39, 0.29) is 27.7 Å². The Hall–Kier alpha value is 0.880. The van der Waals surface area contributed by atoms with Crippen LogP contribution < -0.4 is 15.1 Å². The zero-order chi connectivity index (χ0) is 3.58. The maximum atomic E-state index is 8.42. The topological polar surface area (TPSA) is 69.2 Å². The first-order chi connectivity index (χ1) is 1.73. The van der Waals surface area contributed by atoms with Crippen LogP contribution in [0.25, 0.3) is 0 Å². The van der Waals surface area contributed by atoms with E-state index >= 15 is 0 Å². The molecule has 5 heavy (non-hydrogen) atoms. The maximum Gasteiger partial charge on any atom is 0 e. The van der Waals surface area contributed by atoms with E-state index in [2.05, 4.69) is 0 Å². The Balaban J connectivity index is 0. The van der Waals surface area contributed by atoms with E-state index in [0.717, 1.165) is 0 Å². The van der Waals surface area contributed by atoms with E-state index in [4.69, 9.17) is 15.1 Å². The maximum absolute atomic E-state index is 8.42. The number of rotatable bonds is 0. The Morgan fingerprint density at radius 2 is 1.00 bits per heavy atom. The zero-order valence-electron chi connectivity index (χ0n) is 2.51. The first-order valence-electron chi connectivity index (χ1n) is 0.707. The third-order valence-electron chi connectivity index (χ3n) is 0. The minimum Gasteiger partial charge on any atom is -0.907 e. The fraction of sp³-hybridized carbons (Fsp3) is 0. The molecule has 0 rings (SSSR count). The monoisotopic (exact) mass is 261 g/mol. The van der Waals surface area contributed by atoms with Crippen molar-refractivity contribution >= 4 is 7.32 Å². The summed E-state index contributed by atoms with van der Waals surface area (Å²) in [6, 6.07) is 0. The molecular weight excluding hydrogens is 259 g/mol. The number of hydrogen-bond acceptors (Lipinski definition) is 3. The van der Waals surface area contributed by atoms with Gasteiger partial charge in [0.15, 0.2) is 0 Å². The van der Waals surface area contributed by atoms with Gasteiger partial charge in [-0.2, -0.15) is 0 Å². The van der Waals surface area contributed by atoms with Crippen molar-refractivity contribution in [1.82, 2.24) is 0 Å². The van der Waals surface area contributed by atoms with E-state index in [1.54, 1.807) is 0 Å². The van der Waals surface area contributed by atoms with Crippen LogP contribution in [0.4, 0.5) is 0 Å². The molecule has 0 spiro atoms. The molecule has 0 atom stereocenters. The molecule has 0 aromatic carbocycles. The standard InChI is InChI=1S/BO3.Hg/c2-1(3)4;/q-3;. The largest absolute Gasteiger partial charge is 0.907 e. The minimum absolute atomic E-state index is 0. The van der Waals surface area contributed by atoms with Gasteiger partial charge in [-0.25, -0.2) is 0 Å². The van der Waals surface area contributed by atoms with Crippen molar-refractivity contribution in [2.75, 3.05) is 0 Å². The van der Waals surface area contributed by atoms with Gasteiger partial charge >= 0.3 is 0 Å². The molecule has 0 heterocycles. The van der Waals surface area contributed by atoms with Gasteiger partial charge in [0.2, 0.25) is 0 Å². The molecule has 3 nitrogen and oxygen atoms in total. The quantitative estimate of drug-likeness (QED) is 0.417. The van der Waals surface area contributed by atoms with Gasteiger partial charge in [0.05, 0.1) is 0 Å². The summed E-state index contributed by atoms with van der Waals surface area (Å²) in [5.74, 6) is 0. The second-order valence-corrected chi connectivity index (χ2v) is 0.289. The fourth-order valence-electron chi connectivity index (χ4n) is 0. The van der Waals surface area contributed by atoms with E-state index in [9.17, 15) is 0 Å². The Morgan fingerprint density at radius 3 is 1.00 bits per heavy atom. The molecular formula is BHgO3-3. The van der Waals surface area contributed by atoms with E-state index in [1.165, 1.54) is 0 Å². The van der Waals surface area contributed by atoms with Crippen LogP contribution in [0.2, 0.25) is 0 Å². The summed E-state index contributed by atoms with van der Waals surface area (Å²) in [6.07, 6.45) is 0. The van der Waals surface area contributed by atoms with Crippen molar-refractivity contribution in [1.29, 1.82) is 0 Å². The first kappa shape index (κ1) is 9.30. The van der Waals surface area contributed by atoms with Gasteiger partial charge in [0.1, 0.15) is 0 Å². The molecule has 0 saturated heterocycles. The molecule has 0 fully saturated rings. The molecule has 0 aliphatic rings. The van der Waals surface area contributed by atoms with Crippen LogP contribution in [-0.4, -0.2) is 7.32 Å². The van der Waals surface area contributed by atoms with E-state index < -0.39 is 7.32 Å². The Labute approximate surface area is 50.3 Å². The molecule has 0 N–H and O–H groups in total. The van der Waals surface area contributed by atoms with Crippen LogP contribution in [-0.2, 0) is 27.7 Å². The average Bonchev–Trinajstić information content (AvgIpc) is 0.811. The van der Waals surface area contributed by atoms with Crippen molar-refractivity contribution in [2.45, 2.75) is 0 Å². The SMILES string of the molecule is [Hg].[O-]B([O-])[O-]. The summed E-state index contributed by atoms with van der Waals surface area (Å²) >= 11 is 0. The molecule has 0 saturated carbocycles. The van der Waals surface area contributed by atoms with Crippen LogP contribution in [0.5, 0.6) is 0 Å². The van der Waals surface area contributed by atoms with Crippen LogP contribution >= 0.6 is 0 Å². The van der Waals surface area contributed by atoms with Crippen LogP contribution in [0.3, 0.4) is 0 Å². The van der Waals surface area contributed by atoms with Crippen molar-refractivity contribution in [3.8, 4) is 0 Å². The van der Waals surface area contributed by atoms with E-state index in [1.807, 2.05) is 0 Å². The average molecular weight is 259 g/mol. The van der Waals surface area contributed by atoms with Crippen LogP contribution in [0, 0.1) is 0 Å². The van der Waals surface area contributed by atoms with Gasteiger partial charge in [-0.1, -0.05) is 0 Å². The number of hydrogen-bond donors (Lipinski definition) is 0. The summed E-state index contributed by atoms with van der Waals surface area (Å²) in [7, 11) is -2.92. The van der Waals surface area contributed by atoms with Crippen LogP contribution in [0.1, 0.15) is 0 Å². The van der Waals surface area contributed by atoms with Gasteiger partial charge in [-0.05, 0) is 0 Å². The smallest absolute Gasteiger partial charge is 0 e. The molecule has 0 radical (unpaired) electrons. The fourth-order valence-corrected chi connectivity index (χ4v) is 0. The first-order valence-corrected chi connectivity index (χ1v) is 0.707. The van der Waals surface area contributed by atoms with Gasteiger partial charge in [0, 0.05) is 27.7 Å². The summed E-state index contributed by atoms with van der Waals surface area (Å²) < 4.78 is 0. The van der Waals surface area contributed by atoms with Gasteiger partial charge in [-0.3, -0.25) is 7.32 Å². The molecule has 26 valence electrons. The predicted molar refractivity (Wildman–Crippen MR) is 5.75 cm³/mol. The van der Waals surface area contributed by atoms with Gasteiger partial charge < -0.3 is 15.1 Å². The third kappa shape index (κ3) is 52.3. The predicted octanol–water partition coefficient (Wildman–Crippen LogP) is -3.95. The third-order valence-corrected chi connectivity index (χ3v) is 0. The zero-order valence-corrected chi connectivity index (χ0v) is 8.01. The molecule has 0 aromatic heterocycles. The molecule has 0 aliphatic heterocycles. The van der Waals surface area contributed by atoms with Gasteiger partial charge in [0.25, 0.3) is 0 Å². The van der Waals surface area contributed by atoms with Crippen molar-refractivity contribution in [3.63, 3.8) is 0 Å².